The van der Waals surface area contributed by atoms with E-state index < -0.39 is 24.3 Å². The quantitative estimate of drug-likeness (QED) is 0.207. The van der Waals surface area contributed by atoms with E-state index in [0.717, 1.165) is 5.39 Å². The molecule has 4 N–H and O–H groups in total. The third-order valence-corrected chi connectivity index (χ3v) is 8.96. The minimum absolute atomic E-state index is 0.0890. The average Bonchev–Trinajstić information content (AvgIpc) is 3.42. The highest BCUT2D eigenvalue weighted by Gasteiger charge is 2.46. The number of carboxylic acid groups (broad SMARTS) is 1. The molecule has 4 aromatic rings. The molecule has 234 valence electrons. The number of nitrogens with two attached hydrogens (primary N) is 1. The van der Waals surface area contributed by atoms with E-state index in [-0.39, 0.29) is 44.5 Å². The fourth-order valence-corrected chi connectivity index (χ4v) is 6.58. The highest BCUT2D eigenvalue weighted by atomic mass is 35.5. The van der Waals surface area contributed by atoms with Crippen LogP contribution in [0, 0.1) is 5.41 Å². The summed E-state index contributed by atoms with van der Waals surface area (Å²) in [4.78, 5) is 33.8. The van der Waals surface area contributed by atoms with Gasteiger partial charge < -0.3 is 25.8 Å². The number of anilines is 2. The van der Waals surface area contributed by atoms with Crippen molar-refractivity contribution in [3.63, 3.8) is 0 Å². The van der Waals surface area contributed by atoms with E-state index in [0.29, 0.717) is 56.4 Å². The van der Waals surface area contributed by atoms with Gasteiger partial charge in [-0.25, -0.2) is 0 Å². The Morgan fingerprint density at radius 3 is 2.56 bits per heavy atom. The number of piperidine rings is 1. The SMILES string of the molecule is Nc1nc(O[C@H](c2ccc(Cl)cc2-c2ccc3ccccc3c2C=O)C(F)(F)F)cc(N2CCC3(CC2)CNC(C(=O)O)C3)n1. The zero-order chi connectivity index (χ0) is 31.9. The van der Waals surface area contributed by atoms with E-state index in [2.05, 4.69) is 15.3 Å². The molecule has 13 heteroatoms. The topological polar surface area (TPSA) is 131 Å². The van der Waals surface area contributed by atoms with Crippen molar-refractivity contribution in [2.75, 3.05) is 30.3 Å². The number of aldehydes is 1. The number of ether oxygens (including phenoxy) is 1. The predicted octanol–water partition coefficient (Wildman–Crippen LogP) is 6.06. The molecule has 0 bridgehead atoms. The van der Waals surface area contributed by atoms with Crippen molar-refractivity contribution in [2.24, 2.45) is 5.41 Å². The smallest absolute Gasteiger partial charge is 0.429 e. The van der Waals surface area contributed by atoms with Crippen LogP contribution < -0.4 is 20.7 Å². The Hall–Kier alpha value is -4.42. The van der Waals surface area contributed by atoms with Crippen molar-refractivity contribution in [1.82, 2.24) is 15.3 Å². The lowest BCUT2D eigenvalue weighted by atomic mass is 9.76. The van der Waals surface area contributed by atoms with Gasteiger partial charge in [0.2, 0.25) is 17.9 Å². The monoisotopic (exact) mass is 639 g/mol. The van der Waals surface area contributed by atoms with Crippen molar-refractivity contribution in [3.05, 3.63) is 76.8 Å². The van der Waals surface area contributed by atoms with Crippen LogP contribution in [0.2, 0.25) is 5.02 Å². The third-order valence-electron chi connectivity index (χ3n) is 8.73. The van der Waals surface area contributed by atoms with Crippen molar-refractivity contribution in [1.29, 1.82) is 0 Å². The number of benzene rings is 3. The first-order valence-corrected chi connectivity index (χ1v) is 14.7. The lowest BCUT2D eigenvalue weighted by Crippen LogP contribution is -2.41. The van der Waals surface area contributed by atoms with Crippen LogP contribution in [0.3, 0.4) is 0 Å². The van der Waals surface area contributed by atoms with Gasteiger partial charge >= 0.3 is 12.1 Å². The van der Waals surface area contributed by atoms with Gasteiger partial charge in [-0.3, -0.25) is 9.59 Å². The van der Waals surface area contributed by atoms with E-state index in [1.165, 1.54) is 24.3 Å². The highest BCUT2D eigenvalue weighted by Crippen LogP contribution is 2.44. The lowest BCUT2D eigenvalue weighted by Gasteiger charge is -2.39. The number of aromatic nitrogens is 2. The number of carbonyl (C=O) groups excluding carboxylic acids is 1. The standard InChI is InChI=1S/C32H29ClF3N5O4/c33-19-6-8-22(23(13-19)21-7-5-18-3-1-2-4-20(18)24(21)16-42)28(32(34,35)36)45-27-14-26(39-30(37)40-27)41-11-9-31(10-12-41)15-25(29(43)44)38-17-31/h1-8,13-14,16,25,28,38H,9-12,15,17H2,(H,43,44)(H2,37,39,40)/t25?,28-/m1/s1. The maximum absolute atomic E-state index is 14.8. The molecule has 1 spiro atoms. The van der Waals surface area contributed by atoms with Crippen molar-refractivity contribution in [2.45, 2.75) is 37.6 Å². The van der Waals surface area contributed by atoms with Gasteiger partial charge in [-0.2, -0.15) is 23.1 Å². The van der Waals surface area contributed by atoms with Gasteiger partial charge in [0, 0.05) is 41.9 Å². The minimum Gasteiger partial charge on any atom is -0.480 e. The number of nitrogens with zero attached hydrogens (tertiary/aromatic N) is 3. The summed E-state index contributed by atoms with van der Waals surface area (Å²) >= 11 is 6.27. The fraction of sp³-hybridized carbons (Fsp3) is 0.312. The van der Waals surface area contributed by atoms with Crippen molar-refractivity contribution in [3.8, 4) is 17.0 Å². The highest BCUT2D eigenvalue weighted by molar-refractivity contribution is 6.31. The number of nitrogens with one attached hydrogen (secondary N) is 1. The number of nitrogen functional groups attached to an aromatic ring is 1. The van der Waals surface area contributed by atoms with Gasteiger partial charge in [0.05, 0.1) is 0 Å². The molecule has 2 atom stereocenters. The van der Waals surface area contributed by atoms with Gasteiger partial charge in [0.25, 0.3) is 0 Å². The van der Waals surface area contributed by atoms with Gasteiger partial charge in [-0.15, -0.1) is 0 Å². The molecule has 3 aromatic carbocycles. The third kappa shape index (κ3) is 6.12. The van der Waals surface area contributed by atoms with Gasteiger partial charge in [0.1, 0.15) is 11.9 Å². The van der Waals surface area contributed by atoms with E-state index in [1.54, 1.807) is 30.3 Å². The van der Waals surface area contributed by atoms with Crippen LogP contribution in [-0.4, -0.2) is 59.2 Å². The normalized spacial score (nSPS) is 18.7. The minimum atomic E-state index is -4.89. The number of alkyl halides is 3. The van der Waals surface area contributed by atoms with E-state index in [9.17, 15) is 27.9 Å². The summed E-state index contributed by atoms with van der Waals surface area (Å²) in [5.74, 6) is -1.20. The molecule has 9 nitrogen and oxygen atoms in total. The summed E-state index contributed by atoms with van der Waals surface area (Å²) in [6.45, 7) is 1.59. The number of rotatable bonds is 7. The van der Waals surface area contributed by atoms with E-state index in [1.807, 2.05) is 11.0 Å². The number of aliphatic carboxylic acids is 1. The molecule has 2 fully saturated rings. The van der Waals surface area contributed by atoms with Crippen molar-refractivity contribution < 1.29 is 32.6 Å². The van der Waals surface area contributed by atoms with Crippen molar-refractivity contribution >= 4 is 46.4 Å². The summed E-state index contributed by atoms with van der Waals surface area (Å²) in [7, 11) is 0. The Morgan fingerprint density at radius 2 is 1.87 bits per heavy atom. The van der Waals surface area contributed by atoms with Crippen LogP contribution >= 0.6 is 11.6 Å². The molecule has 45 heavy (non-hydrogen) atoms. The zero-order valence-electron chi connectivity index (χ0n) is 23.9. The molecule has 1 unspecified atom stereocenters. The lowest BCUT2D eigenvalue weighted by molar-refractivity contribution is -0.198. The zero-order valence-corrected chi connectivity index (χ0v) is 24.6. The first-order chi connectivity index (χ1) is 21.5. The molecule has 1 aromatic heterocycles. The Bertz CT molecular complexity index is 1780. The van der Waals surface area contributed by atoms with Crippen LogP contribution in [-0.2, 0) is 4.79 Å². The van der Waals surface area contributed by atoms with Gasteiger partial charge in [-0.1, -0.05) is 54.1 Å². The van der Waals surface area contributed by atoms with Crippen LogP contribution in [0.25, 0.3) is 21.9 Å². The Balaban J connectivity index is 1.32. The summed E-state index contributed by atoms with van der Waals surface area (Å²) in [6, 6.07) is 15.1. The number of hydrogen-bond acceptors (Lipinski definition) is 8. The number of halogens is 4. The second-order valence-corrected chi connectivity index (χ2v) is 12.0. The molecule has 6 rings (SSSR count). The molecular weight excluding hydrogens is 611 g/mol. The average molecular weight is 640 g/mol. The molecular formula is C32H29ClF3N5O4. The van der Waals surface area contributed by atoms with Crippen LogP contribution in [0.15, 0.2) is 60.7 Å². The number of carbonyl (C=O) groups is 2. The fourth-order valence-electron chi connectivity index (χ4n) is 6.41. The second-order valence-electron chi connectivity index (χ2n) is 11.5. The Morgan fingerprint density at radius 1 is 1.11 bits per heavy atom. The molecule has 3 heterocycles. The maximum atomic E-state index is 14.8. The molecule has 2 saturated heterocycles. The second kappa shape index (κ2) is 11.8. The largest absolute Gasteiger partial charge is 0.480 e. The molecule has 0 radical (unpaired) electrons. The summed E-state index contributed by atoms with van der Waals surface area (Å²) in [5.41, 5.74) is 6.10. The van der Waals surface area contributed by atoms with Crippen LogP contribution in [0.1, 0.15) is 41.3 Å². The Kier molecular flexibility index (Phi) is 8.04. The van der Waals surface area contributed by atoms with Crippen LogP contribution in [0.5, 0.6) is 5.88 Å². The summed E-state index contributed by atoms with van der Waals surface area (Å²) in [5, 5.41) is 14.0. The molecule has 2 aliphatic rings. The number of hydrogen-bond donors (Lipinski definition) is 3. The number of fused-ring (bicyclic) bond motifs is 1. The van der Waals surface area contributed by atoms with E-state index in [4.69, 9.17) is 22.1 Å². The van der Waals surface area contributed by atoms with E-state index >= 15 is 0 Å². The van der Waals surface area contributed by atoms with Gasteiger partial charge in [-0.05, 0) is 58.7 Å². The summed E-state index contributed by atoms with van der Waals surface area (Å²) in [6.07, 6.45) is -4.90. The molecule has 2 aliphatic heterocycles. The first-order valence-electron chi connectivity index (χ1n) is 14.3. The molecule has 0 saturated carbocycles. The maximum Gasteiger partial charge on any atom is 0.429 e. The number of carboxylic acids is 1. The summed E-state index contributed by atoms with van der Waals surface area (Å²) < 4.78 is 49.9. The Labute approximate surface area is 261 Å². The molecule has 0 aliphatic carbocycles. The van der Waals surface area contributed by atoms with Crippen LogP contribution in [0.4, 0.5) is 24.9 Å². The first kappa shape index (κ1) is 30.6. The molecule has 0 amide bonds. The van der Waals surface area contributed by atoms with Gasteiger partial charge in [0.15, 0.2) is 6.29 Å². The predicted molar refractivity (Wildman–Crippen MR) is 164 cm³/mol.